The Labute approximate surface area is 160 Å². The summed E-state index contributed by atoms with van der Waals surface area (Å²) >= 11 is 2.72. The van der Waals surface area contributed by atoms with E-state index in [0.29, 0.717) is 6.04 Å². The lowest BCUT2D eigenvalue weighted by Crippen LogP contribution is -2.37. The molecule has 138 valence electrons. The van der Waals surface area contributed by atoms with E-state index in [-0.39, 0.29) is 0 Å². The highest BCUT2D eigenvalue weighted by molar-refractivity contribution is 14.1. The fourth-order valence-corrected chi connectivity index (χ4v) is 4.15. The van der Waals surface area contributed by atoms with Gasteiger partial charge in [0.25, 0.3) is 0 Å². The normalized spacial score (nSPS) is 16.2. The predicted molar refractivity (Wildman–Crippen MR) is 115 cm³/mol. The molecule has 0 fully saturated rings. The zero-order valence-corrected chi connectivity index (χ0v) is 18.9. The standard InChI is InChI=1S/C21H42IN/c1-7-10-12-13-14-15-20(22)19(5)21(16-11-8-2)23(6)17-18(4)9-3/h17,19-21H,7-16H2,1-6H3/b18-17+/t19-,20-,21?/m1/s1. The number of unbranched alkanes of at least 4 members (excludes halogenated alkanes) is 5. The first kappa shape index (κ1) is 23.3. The zero-order valence-electron chi connectivity index (χ0n) is 16.7. The van der Waals surface area contributed by atoms with Crippen LogP contribution in [-0.4, -0.2) is 21.9 Å². The minimum Gasteiger partial charge on any atom is -0.377 e. The first-order valence-electron chi connectivity index (χ1n) is 10.0. The third-order valence-corrected chi connectivity index (χ3v) is 6.88. The predicted octanol–water partition coefficient (Wildman–Crippen LogP) is 7.59. The molecule has 23 heavy (non-hydrogen) atoms. The lowest BCUT2D eigenvalue weighted by Gasteiger charge is -2.35. The number of hydrogen-bond acceptors (Lipinski definition) is 1. The molecule has 0 aliphatic heterocycles. The Morgan fingerprint density at radius 3 is 2.13 bits per heavy atom. The fraction of sp³-hybridized carbons (Fsp3) is 0.905. The van der Waals surface area contributed by atoms with Crippen LogP contribution in [0.25, 0.3) is 0 Å². The van der Waals surface area contributed by atoms with E-state index in [1.165, 1.54) is 63.4 Å². The van der Waals surface area contributed by atoms with Gasteiger partial charge in [-0.15, -0.1) is 0 Å². The first-order valence-corrected chi connectivity index (χ1v) is 11.3. The van der Waals surface area contributed by atoms with Gasteiger partial charge >= 0.3 is 0 Å². The molecular weight excluding hydrogens is 393 g/mol. The molecule has 1 unspecified atom stereocenters. The van der Waals surface area contributed by atoms with Crippen LogP contribution in [0.2, 0.25) is 0 Å². The minimum atomic E-state index is 0.689. The van der Waals surface area contributed by atoms with E-state index >= 15 is 0 Å². The van der Waals surface area contributed by atoms with Crippen molar-refractivity contribution in [2.24, 2.45) is 5.92 Å². The Bertz CT molecular complexity index is 300. The van der Waals surface area contributed by atoms with Crippen molar-refractivity contribution in [1.82, 2.24) is 4.90 Å². The Kier molecular flexibility index (Phi) is 14.8. The van der Waals surface area contributed by atoms with Crippen LogP contribution < -0.4 is 0 Å². The van der Waals surface area contributed by atoms with Gasteiger partial charge in [-0.1, -0.05) is 101 Å². The highest BCUT2D eigenvalue weighted by atomic mass is 127. The molecule has 0 amide bonds. The van der Waals surface area contributed by atoms with Crippen LogP contribution >= 0.6 is 22.6 Å². The van der Waals surface area contributed by atoms with Crippen molar-refractivity contribution >= 4 is 22.6 Å². The average molecular weight is 435 g/mol. The molecule has 0 bridgehead atoms. The number of hydrogen-bond donors (Lipinski definition) is 0. The summed E-state index contributed by atoms with van der Waals surface area (Å²) in [7, 11) is 2.29. The second-order valence-corrected chi connectivity index (χ2v) is 8.88. The Morgan fingerprint density at radius 1 is 0.957 bits per heavy atom. The maximum atomic E-state index is 2.72. The largest absolute Gasteiger partial charge is 0.377 e. The van der Waals surface area contributed by atoms with Crippen molar-refractivity contribution in [3.8, 4) is 0 Å². The van der Waals surface area contributed by atoms with Crippen molar-refractivity contribution in [2.75, 3.05) is 7.05 Å². The second kappa shape index (κ2) is 14.6. The summed E-state index contributed by atoms with van der Waals surface area (Å²) in [6.45, 7) is 11.6. The van der Waals surface area contributed by atoms with E-state index in [2.05, 4.69) is 75.4 Å². The Hall–Kier alpha value is 0.270. The van der Waals surface area contributed by atoms with Crippen LogP contribution in [0.15, 0.2) is 11.8 Å². The summed E-state index contributed by atoms with van der Waals surface area (Å²) in [6, 6.07) is 0.689. The van der Waals surface area contributed by atoms with Gasteiger partial charge in [-0.25, -0.2) is 0 Å². The van der Waals surface area contributed by atoms with E-state index in [9.17, 15) is 0 Å². The fourth-order valence-electron chi connectivity index (χ4n) is 3.23. The molecule has 0 aliphatic rings. The van der Waals surface area contributed by atoms with Gasteiger partial charge in [-0.2, -0.15) is 0 Å². The van der Waals surface area contributed by atoms with E-state index in [0.717, 1.165) is 16.3 Å². The van der Waals surface area contributed by atoms with Gasteiger partial charge in [0.15, 0.2) is 0 Å². The van der Waals surface area contributed by atoms with Gasteiger partial charge in [-0.3, -0.25) is 0 Å². The molecule has 1 nitrogen and oxygen atoms in total. The number of alkyl halides is 1. The molecule has 2 heteroatoms. The highest BCUT2D eigenvalue weighted by Crippen LogP contribution is 2.28. The molecule has 0 heterocycles. The maximum absolute atomic E-state index is 2.72. The maximum Gasteiger partial charge on any atom is 0.0316 e. The van der Waals surface area contributed by atoms with Gasteiger partial charge in [0.2, 0.25) is 0 Å². The molecule has 0 radical (unpaired) electrons. The van der Waals surface area contributed by atoms with Crippen LogP contribution in [0.4, 0.5) is 0 Å². The lowest BCUT2D eigenvalue weighted by molar-refractivity contribution is 0.222. The van der Waals surface area contributed by atoms with Crippen LogP contribution in [-0.2, 0) is 0 Å². The molecular formula is C21H42IN. The molecule has 0 aromatic carbocycles. The van der Waals surface area contributed by atoms with E-state index in [1.807, 2.05) is 0 Å². The smallest absolute Gasteiger partial charge is 0.0316 e. The van der Waals surface area contributed by atoms with E-state index < -0.39 is 0 Å². The van der Waals surface area contributed by atoms with Crippen LogP contribution in [0, 0.1) is 5.92 Å². The Morgan fingerprint density at radius 2 is 1.57 bits per heavy atom. The lowest BCUT2D eigenvalue weighted by atomic mass is 9.90. The molecule has 0 aromatic heterocycles. The Balaban J connectivity index is 4.55. The zero-order chi connectivity index (χ0) is 17.7. The van der Waals surface area contributed by atoms with Gasteiger partial charge in [0.05, 0.1) is 0 Å². The van der Waals surface area contributed by atoms with Crippen LogP contribution in [0.5, 0.6) is 0 Å². The number of halogens is 1. The van der Waals surface area contributed by atoms with Gasteiger partial charge in [0, 0.05) is 17.0 Å². The molecule has 0 aliphatic carbocycles. The second-order valence-electron chi connectivity index (χ2n) is 7.28. The summed E-state index contributed by atoms with van der Waals surface area (Å²) in [6.07, 6.45) is 15.9. The number of allylic oxidation sites excluding steroid dienone is 1. The molecule has 3 atom stereocenters. The summed E-state index contributed by atoms with van der Waals surface area (Å²) < 4.78 is 0.800. The van der Waals surface area contributed by atoms with E-state index in [4.69, 9.17) is 0 Å². The van der Waals surface area contributed by atoms with Crippen LogP contribution in [0.1, 0.15) is 98.8 Å². The number of rotatable bonds is 14. The minimum absolute atomic E-state index is 0.689. The third-order valence-electron chi connectivity index (χ3n) is 5.12. The first-order chi connectivity index (χ1) is 11.0. The topological polar surface area (TPSA) is 3.24 Å². The monoisotopic (exact) mass is 435 g/mol. The SMILES string of the molecule is CCCCCCC[C@@H](I)[C@@H](C)C(CCCC)N(C)/C=C(\C)CC. The van der Waals surface area contributed by atoms with Crippen molar-refractivity contribution in [3.63, 3.8) is 0 Å². The van der Waals surface area contributed by atoms with Gasteiger partial charge < -0.3 is 4.90 Å². The van der Waals surface area contributed by atoms with Crippen molar-refractivity contribution < 1.29 is 0 Å². The summed E-state index contributed by atoms with van der Waals surface area (Å²) in [5, 5.41) is 0. The molecule has 0 saturated heterocycles. The van der Waals surface area contributed by atoms with Crippen LogP contribution in [0.3, 0.4) is 0 Å². The number of nitrogens with zero attached hydrogens (tertiary/aromatic N) is 1. The van der Waals surface area contributed by atoms with Crippen molar-refractivity contribution in [2.45, 2.75) is 109 Å². The average Bonchev–Trinajstić information content (AvgIpc) is 2.54. The van der Waals surface area contributed by atoms with Crippen molar-refractivity contribution in [1.29, 1.82) is 0 Å². The van der Waals surface area contributed by atoms with Gasteiger partial charge in [0.1, 0.15) is 0 Å². The van der Waals surface area contributed by atoms with Gasteiger partial charge in [-0.05, 0) is 38.3 Å². The molecule has 0 rings (SSSR count). The molecule has 0 saturated carbocycles. The highest BCUT2D eigenvalue weighted by Gasteiger charge is 2.25. The molecule has 0 aromatic rings. The van der Waals surface area contributed by atoms with Crippen molar-refractivity contribution in [3.05, 3.63) is 11.8 Å². The molecule has 0 N–H and O–H groups in total. The quantitative estimate of drug-likeness (QED) is 0.154. The summed E-state index contributed by atoms with van der Waals surface area (Å²) in [5.74, 6) is 0.763. The van der Waals surface area contributed by atoms with E-state index in [1.54, 1.807) is 0 Å². The summed E-state index contributed by atoms with van der Waals surface area (Å²) in [4.78, 5) is 2.52. The summed E-state index contributed by atoms with van der Waals surface area (Å²) in [5.41, 5.74) is 1.49. The molecule has 0 spiro atoms. The third kappa shape index (κ3) is 10.7.